The molecule has 124 valence electrons. The molecule has 3 rings (SSSR count). The summed E-state index contributed by atoms with van der Waals surface area (Å²) in [5, 5.41) is 2.49. The number of hydrogen-bond donors (Lipinski definition) is 0. The van der Waals surface area contributed by atoms with Crippen LogP contribution in [0.3, 0.4) is 0 Å². The standard InChI is InChI=1S/C23H20O2/c1-2-25-23(24)16-14-19-9-7-18(8-10-19)11-12-20-13-15-21-5-3-4-6-22(21)17-20/h3-17H,2H2,1H3/b12-11+,16-14+. The highest BCUT2D eigenvalue weighted by Gasteiger charge is 1.95. The zero-order valence-electron chi connectivity index (χ0n) is 14.2. The van der Waals surface area contributed by atoms with Crippen molar-refractivity contribution in [3.05, 3.63) is 89.5 Å². The van der Waals surface area contributed by atoms with Crippen LogP contribution in [-0.4, -0.2) is 12.6 Å². The highest BCUT2D eigenvalue weighted by atomic mass is 16.5. The quantitative estimate of drug-likeness (QED) is 0.347. The topological polar surface area (TPSA) is 26.3 Å². The van der Waals surface area contributed by atoms with Gasteiger partial charge in [-0.25, -0.2) is 4.79 Å². The molecule has 3 aromatic carbocycles. The first-order valence-electron chi connectivity index (χ1n) is 8.36. The monoisotopic (exact) mass is 328 g/mol. The second-order valence-electron chi connectivity index (χ2n) is 5.69. The molecule has 0 saturated heterocycles. The molecule has 2 nitrogen and oxygen atoms in total. The fourth-order valence-corrected chi connectivity index (χ4v) is 2.58. The van der Waals surface area contributed by atoms with Crippen molar-refractivity contribution in [3.63, 3.8) is 0 Å². The van der Waals surface area contributed by atoms with Crippen LogP contribution < -0.4 is 0 Å². The van der Waals surface area contributed by atoms with Gasteiger partial charge in [-0.15, -0.1) is 0 Å². The molecule has 0 radical (unpaired) electrons. The van der Waals surface area contributed by atoms with E-state index in [1.54, 1.807) is 13.0 Å². The van der Waals surface area contributed by atoms with E-state index in [9.17, 15) is 4.79 Å². The van der Waals surface area contributed by atoms with Crippen LogP contribution in [0.15, 0.2) is 72.8 Å². The number of esters is 1. The van der Waals surface area contributed by atoms with E-state index < -0.39 is 0 Å². The molecular weight excluding hydrogens is 308 g/mol. The van der Waals surface area contributed by atoms with E-state index >= 15 is 0 Å². The van der Waals surface area contributed by atoms with Gasteiger partial charge in [0.1, 0.15) is 0 Å². The molecule has 0 aliphatic rings. The van der Waals surface area contributed by atoms with Crippen LogP contribution in [0, 0.1) is 0 Å². The lowest BCUT2D eigenvalue weighted by Crippen LogP contribution is -1.98. The average molecular weight is 328 g/mol. The summed E-state index contributed by atoms with van der Waals surface area (Å²) >= 11 is 0. The Morgan fingerprint density at radius 1 is 0.800 bits per heavy atom. The van der Waals surface area contributed by atoms with Gasteiger partial charge in [-0.1, -0.05) is 72.8 Å². The predicted molar refractivity (Wildman–Crippen MR) is 105 cm³/mol. The van der Waals surface area contributed by atoms with E-state index in [2.05, 4.69) is 54.6 Å². The van der Waals surface area contributed by atoms with Crippen LogP contribution in [0.1, 0.15) is 23.6 Å². The van der Waals surface area contributed by atoms with Gasteiger partial charge in [0.05, 0.1) is 6.61 Å². The molecule has 0 amide bonds. The molecule has 0 fully saturated rings. The van der Waals surface area contributed by atoms with Crippen molar-refractivity contribution in [1.82, 2.24) is 0 Å². The largest absolute Gasteiger partial charge is 0.463 e. The van der Waals surface area contributed by atoms with E-state index in [4.69, 9.17) is 4.74 Å². The first-order valence-corrected chi connectivity index (χ1v) is 8.36. The van der Waals surface area contributed by atoms with Crippen LogP contribution in [0.2, 0.25) is 0 Å². The second kappa shape index (κ2) is 8.11. The van der Waals surface area contributed by atoms with Crippen LogP contribution >= 0.6 is 0 Å². The summed E-state index contributed by atoms with van der Waals surface area (Å²) in [7, 11) is 0. The molecule has 0 aliphatic heterocycles. The number of ether oxygens (including phenoxy) is 1. The number of rotatable bonds is 5. The zero-order chi connectivity index (χ0) is 17.5. The Bertz CT molecular complexity index is 918. The molecule has 0 aliphatic carbocycles. The minimum Gasteiger partial charge on any atom is -0.463 e. The number of benzene rings is 3. The van der Waals surface area contributed by atoms with Crippen LogP contribution in [0.5, 0.6) is 0 Å². The second-order valence-corrected chi connectivity index (χ2v) is 5.69. The minimum absolute atomic E-state index is 0.317. The van der Waals surface area contributed by atoms with E-state index in [0.717, 1.165) is 11.1 Å². The van der Waals surface area contributed by atoms with E-state index in [1.165, 1.54) is 22.4 Å². The lowest BCUT2D eigenvalue weighted by molar-refractivity contribution is -0.137. The lowest BCUT2D eigenvalue weighted by atomic mass is 10.1. The molecule has 0 aromatic heterocycles. The smallest absolute Gasteiger partial charge is 0.330 e. The van der Waals surface area contributed by atoms with Crippen LogP contribution in [0.25, 0.3) is 29.0 Å². The number of carbonyl (C=O) groups is 1. The van der Waals surface area contributed by atoms with Gasteiger partial charge in [-0.05, 0) is 46.5 Å². The summed E-state index contributed by atoms with van der Waals surface area (Å²) in [6, 6.07) is 22.8. The van der Waals surface area contributed by atoms with Crippen molar-refractivity contribution in [2.24, 2.45) is 0 Å². The number of fused-ring (bicyclic) bond motifs is 1. The summed E-state index contributed by atoms with van der Waals surface area (Å²) in [6.07, 6.45) is 7.40. The summed E-state index contributed by atoms with van der Waals surface area (Å²) in [5.41, 5.74) is 3.25. The average Bonchev–Trinajstić information content (AvgIpc) is 2.65. The fourth-order valence-electron chi connectivity index (χ4n) is 2.58. The van der Waals surface area contributed by atoms with Crippen molar-refractivity contribution in [1.29, 1.82) is 0 Å². The van der Waals surface area contributed by atoms with Gasteiger partial charge in [0.15, 0.2) is 0 Å². The summed E-state index contributed by atoms with van der Waals surface area (Å²) < 4.78 is 4.87. The molecule has 0 spiro atoms. The third kappa shape index (κ3) is 4.67. The molecule has 0 saturated carbocycles. The third-order valence-electron chi connectivity index (χ3n) is 3.88. The zero-order valence-corrected chi connectivity index (χ0v) is 14.2. The maximum absolute atomic E-state index is 11.3. The highest BCUT2D eigenvalue weighted by molar-refractivity contribution is 5.87. The number of carbonyl (C=O) groups excluding carboxylic acids is 1. The summed E-state index contributed by atoms with van der Waals surface area (Å²) in [5.74, 6) is -0.317. The Balaban J connectivity index is 1.69. The van der Waals surface area contributed by atoms with Crippen molar-refractivity contribution >= 4 is 35.0 Å². The van der Waals surface area contributed by atoms with Gasteiger partial charge in [0.25, 0.3) is 0 Å². The van der Waals surface area contributed by atoms with Crippen LogP contribution in [0.4, 0.5) is 0 Å². The van der Waals surface area contributed by atoms with Gasteiger partial charge >= 0.3 is 5.97 Å². The normalized spacial score (nSPS) is 11.4. The molecule has 0 N–H and O–H groups in total. The van der Waals surface area contributed by atoms with E-state index in [0.29, 0.717) is 6.61 Å². The SMILES string of the molecule is CCOC(=O)/C=C/c1ccc(/C=C/c2ccc3ccccc3c2)cc1. The highest BCUT2D eigenvalue weighted by Crippen LogP contribution is 2.17. The predicted octanol–water partition coefficient (Wildman–Crippen LogP) is 5.59. The maximum atomic E-state index is 11.3. The fraction of sp³-hybridized carbons (Fsp3) is 0.0870. The van der Waals surface area contributed by atoms with Gasteiger partial charge in [-0.3, -0.25) is 0 Å². The Hall–Kier alpha value is -3.13. The molecule has 0 heterocycles. The maximum Gasteiger partial charge on any atom is 0.330 e. The number of hydrogen-bond acceptors (Lipinski definition) is 2. The Labute approximate surface area is 148 Å². The summed E-state index contributed by atoms with van der Waals surface area (Å²) in [6.45, 7) is 2.18. The first-order chi connectivity index (χ1) is 12.2. The molecule has 0 bridgehead atoms. The molecule has 3 aromatic rings. The molecule has 0 atom stereocenters. The first kappa shape index (κ1) is 16.7. The van der Waals surface area contributed by atoms with Gasteiger partial charge in [-0.2, -0.15) is 0 Å². The molecular formula is C23H20O2. The molecule has 2 heteroatoms. The lowest BCUT2D eigenvalue weighted by Gasteiger charge is -2.00. The van der Waals surface area contributed by atoms with E-state index in [1.807, 2.05) is 24.3 Å². The van der Waals surface area contributed by atoms with Crippen molar-refractivity contribution in [2.75, 3.05) is 6.61 Å². The van der Waals surface area contributed by atoms with E-state index in [-0.39, 0.29) is 5.97 Å². The Morgan fingerprint density at radius 3 is 2.12 bits per heavy atom. The molecule has 0 unspecified atom stereocenters. The molecule has 25 heavy (non-hydrogen) atoms. The third-order valence-corrected chi connectivity index (χ3v) is 3.88. The summed E-state index contributed by atoms with van der Waals surface area (Å²) in [4.78, 5) is 11.3. The van der Waals surface area contributed by atoms with Gasteiger partial charge in [0.2, 0.25) is 0 Å². The van der Waals surface area contributed by atoms with Gasteiger partial charge in [0, 0.05) is 6.08 Å². The van der Waals surface area contributed by atoms with Crippen molar-refractivity contribution in [3.8, 4) is 0 Å². The Kier molecular flexibility index (Phi) is 5.43. The van der Waals surface area contributed by atoms with Gasteiger partial charge < -0.3 is 4.74 Å². The minimum atomic E-state index is -0.317. The Morgan fingerprint density at radius 2 is 1.40 bits per heavy atom. The van der Waals surface area contributed by atoms with Crippen molar-refractivity contribution in [2.45, 2.75) is 6.92 Å². The van der Waals surface area contributed by atoms with Crippen LogP contribution in [-0.2, 0) is 9.53 Å². The van der Waals surface area contributed by atoms with Crippen molar-refractivity contribution < 1.29 is 9.53 Å².